The Labute approximate surface area is 173 Å². The first-order chi connectivity index (χ1) is 14.2. The molecular formula is C25H31FO3. The number of hydrogen-bond acceptors (Lipinski definition) is 3. The third-order valence-electron chi connectivity index (χ3n) is 5.61. The first-order valence-corrected chi connectivity index (χ1v) is 10.8. The van der Waals surface area contributed by atoms with E-state index in [0.29, 0.717) is 5.75 Å². The summed E-state index contributed by atoms with van der Waals surface area (Å²) in [7, 11) is 0. The van der Waals surface area contributed by atoms with Gasteiger partial charge in [-0.1, -0.05) is 50.5 Å². The van der Waals surface area contributed by atoms with E-state index in [4.69, 9.17) is 9.47 Å². The first-order valence-electron chi connectivity index (χ1n) is 10.8. The van der Waals surface area contributed by atoms with Crippen molar-refractivity contribution < 1.29 is 18.7 Å². The average molecular weight is 399 g/mol. The molecule has 2 aromatic rings. The van der Waals surface area contributed by atoms with Crippen LogP contribution in [0, 0.1) is 11.7 Å². The van der Waals surface area contributed by atoms with Crippen molar-refractivity contribution in [3.8, 4) is 16.9 Å². The third kappa shape index (κ3) is 6.67. The van der Waals surface area contributed by atoms with Crippen molar-refractivity contribution in [1.29, 1.82) is 0 Å². The number of carbonyl (C=O) groups excluding carboxylic acids is 1. The molecule has 0 bridgehead atoms. The maximum atomic E-state index is 13.1. The van der Waals surface area contributed by atoms with Crippen molar-refractivity contribution in [1.82, 2.24) is 0 Å². The lowest BCUT2D eigenvalue weighted by atomic mass is 9.87. The smallest absolute Gasteiger partial charge is 0.314 e. The molecule has 1 aliphatic rings. The van der Waals surface area contributed by atoms with Crippen molar-refractivity contribution >= 4 is 5.97 Å². The van der Waals surface area contributed by atoms with E-state index in [-0.39, 0.29) is 23.8 Å². The number of ether oxygens (including phenoxy) is 2. The largest absolute Gasteiger partial charge is 0.426 e. The highest BCUT2D eigenvalue weighted by atomic mass is 19.1. The fourth-order valence-electron chi connectivity index (χ4n) is 3.80. The quantitative estimate of drug-likeness (QED) is 0.273. The molecule has 0 unspecified atom stereocenters. The van der Waals surface area contributed by atoms with E-state index in [1.165, 1.54) is 31.4 Å². The molecule has 0 N–H and O–H groups in total. The molecule has 0 saturated heterocycles. The summed E-state index contributed by atoms with van der Waals surface area (Å²) in [6.45, 7) is 3.04. The Morgan fingerprint density at radius 2 is 1.52 bits per heavy atom. The third-order valence-corrected chi connectivity index (χ3v) is 5.61. The van der Waals surface area contributed by atoms with Crippen LogP contribution in [0.4, 0.5) is 4.39 Å². The highest BCUT2D eigenvalue weighted by molar-refractivity contribution is 5.75. The molecule has 1 fully saturated rings. The number of hydrogen-bond donors (Lipinski definition) is 0. The van der Waals surface area contributed by atoms with Gasteiger partial charge in [0.05, 0.1) is 12.0 Å². The van der Waals surface area contributed by atoms with E-state index in [1.54, 1.807) is 24.3 Å². The molecule has 29 heavy (non-hydrogen) atoms. The van der Waals surface area contributed by atoms with Gasteiger partial charge in [0.2, 0.25) is 0 Å². The van der Waals surface area contributed by atoms with E-state index in [0.717, 1.165) is 49.8 Å². The van der Waals surface area contributed by atoms with Crippen LogP contribution < -0.4 is 4.74 Å². The zero-order chi connectivity index (χ0) is 20.5. The topological polar surface area (TPSA) is 35.5 Å². The summed E-state index contributed by atoms with van der Waals surface area (Å²) in [4.78, 5) is 12.5. The van der Waals surface area contributed by atoms with Gasteiger partial charge in [-0.15, -0.1) is 0 Å². The number of unbranched alkanes of at least 4 members (excludes halogenated alkanes) is 3. The molecule has 156 valence electrons. The number of halogens is 1. The summed E-state index contributed by atoms with van der Waals surface area (Å²) < 4.78 is 24.6. The Balaban J connectivity index is 1.42. The first kappa shape index (κ1) is 21.5. The molecule has 0 aliphatic heterocycles. The summed E-state index contributed by atoms with van der Waals surface area (Å²) in [5.41, 5.74) is 1.89. The molecule has 3 rings (SSSR count). The highest BCUT2D eigenvalue weighted by Gasteiger charge is 2.28. The van der Waals surface area contributed by atoms with E-state index in [9.17, 15) is 9.18 Å². The monoisotopic (exact) mass is 398 g/mol. The SMILES string of the molecule is CCCCCCO[C@H]1CC[C@H](C(=O)Oc2ccc(-c3ccc(F)cc3)cc2)CC1. The molecule has 2 aromatic carbocycles. The minimum atomic E-state index is -0.254. The van der Waals surface area contributed by atoms with Crippen LogP contribution in [0.15, 0.2) is 48.5 Å². The number of benzene rings is 2. The van der Waals surface area contributed by atoms with Gasteiger partial charge in [-0.05, 0) is 67.5 Å². The summed E-state index contributed by atoms with van der Waals surface area (Å²) in [6, 6.07) is 13.7. The molecule has 1 saturated carbocycles. The van der Waals surface area contributed by atoms with E-state index < -0.39 is 0 Å². The van der Waals surface area contributed by atoms with Gasteiger partial charge >= 0.3 is 5.97 Å². The second-order valence-electron chi connectivity index (χ2n) is 7.86. The minimum absolute atomic E-state index is 0.0493. The van der Waals surface area contributed by atoms with E-state index >= 15 is 0 Å². The molecule has 0 heterocycles. The molecule has 0 atom stereocenters. The molecular weight excluding hydrogens is 367 g/mol. The van der Waals surface area contributed by atoms with Crippen LogP contribution in [0.2, 0.25) is 0 Å². The summed E-state index contributed by atoms with van der Waals surface area (Å²) >= 11 is 0. The maximum Gasteiger partial charge on any atom is 0.314 e. The van der Waals surface area contributed by atoms with Gasteiger partial charge in [-0.3, -0.25) is 4.79 Å². The maximum absolute atomic E-state index is 13.1. The Morgan fingerprint density at radius 3 is 2.14 bits per heavy atom. The van der Waals surface area contributed by atoms with Gasteiger partial charge in [0.1, 0.15) is 11.6 Å². The van der Waals surface area contributed by atoms with Crippen LogP contribution in [0.5, 0.6) is 5.75 Å². The summed E-state index contributed by atoms with van der Waals surface area (Å²) in [6.07, 6.45) is 8.67. The standard InChI is InChI=1S/C25H31FO3/c1-2-3-4-5-18-28-23-14-10-21(11-15-23)25(27)29-24-16-8-20(9-17-24)19-6-12-22(26)13-7-19/h6-9,12-13,16-17,21,23H,2-5,10-11,14-15,18H2,1H3/t21-,23-. The zero-order valence-corrected chi connectivity index (χ0v) is 17.2. The zero-order valence-electron chi connectivity index (χ0n) is 17.2. The van der Waals surface area contributed by atoms with Crippen LogP contribution in [0.1, 0.15) is 58.3 Å². The van der Waals surface area contributed by atoms with Gasteiger partial charge in [0, 0.05) is 6.61 Å². The average Bonchev–Trinajstić information content (AvgIpc) is 2.75. The molecule has 0 aromatic heterocycles. The molecule has 0 radical (unpaired) electrons. The number of carbonyl (C=O) groups is 1. The Hall–Kier alpha value is -2.20. The van der Waals surface area contributed by atoms with Crippen LogP contribution in [-0.4, -0.2) is 18.7 Å². The fourth-order valence-corrected chi connectivity index (χ4v) is 3.80. The summed E-state index contributed by atoms with van der Waals surface area (Å²) in [5, 5.41) is 0. The van der Waals surface area contributed by atoms with Gasteiger partial charge in [0.25, 0.3) is 0 Å². The van der Waals surface area contributed by atoms with Crippen LogP contribution >= 0.6 is 0 Å². The van der Waals surface area contributed by atoms with Crippen LogP contribution in [-0.2, 0) is 9.53 Å². The highest BCUT2D eigenvalue weighted by Crippen LogP contribution is 2.29. The van der Waals surface area contributed by atoms with Crippen molar-refractivity contribution in [2.45, 2.75) is 64.4 Å². The normalized spacial score (nSPS) is 19.1. The Morgan fingerprint density at radius 1 is 0.897 bits per heavy atom. The van der Waals surface area contributed by atoms with Crippen molar-refractivity contribution in [3.05, 3.63) is 54.3 Å². The van der Waals surface area contributed by atoms with Gasteiger partial charge in [-0.25, -0.2) is 4.39 Å². The number of esters is 1. The Kier molecular flexibility index (Phi) is 8.24. The predicted molar refractivity (Wildman–Crippen MR) is 113 cm³/mol. The van der Waals surface area contributed by atoms with Gasteiger partial charge in [0.15, 0.2) is 0 Å². The van der Waals surface area contributed by atoms with Crippen molar-refractivity contribution in [2.75, 3.05) is 6.61 Å². The van der Waals surface area contributed by atoms with E-state index in [2.05, 4.69) is 6.92 Å². The van der Waals surface area contributed by atoms with Crippen molar-refractivity contribution in [2.24, 2.45) is 5.92 Å². The van der Waals surface area contributed by atoms with Gasteiger partial charge in [-0.2, -0.15) is 0 Å². The summed E-state index contributed by atoms with van der Waals surface area (Å²) in [5.74, 6) is 0.0960. The second-order valence-corrected chi connectivity index (χ2v) is 7.86. The lowest BCUT2D eigenvalue weighted by molar-refractivity contribution is -0.141. The van der Waals surface area contributed by atoms with E-state index in [1.807, 2.05) is 12.1 Å². The molecule has 1 aliphatic carbocycles. The number of rotatable bonds is 9. The molecule has 0 amide bonds. The lowest BCUT2D eigenvalue weighted by Gasteiger charge is -2.27. The minimum Gasteiger partial charge on any atom is -0.426 e. The van der Waals surface area contributed by atoms with Crippen molar-refractivity contribution in [3.63, 3.8) is 0 Å². The second kappa shape index (κ2) is 11.1. The Bertz CT molecular complexity index is 747. The van der Waals surface area contributed by atoms with Gasteiger partial charge < -0.3 is 9.47 Å². The van der Waals surface area contributed by atoms with Crippen LogP contribution in [0.3, 0.4) is 0 Å². The predicted octanol–water partition coefficient (Wildman–Crippen LogP) is 6.55. The molecule has 3 nitrogen and oxygen atoms in total. The van der Waals surface area contributed by atoms with Crippen LogP contribution in [0.25, 0.3) is 11.1 Å². The lowest BCUT2D eigenvalue weighted by Crippen LogP contribution is -2.29. The molecule has 0 spiro atoms. The molecule has 4 heteroatoms. The fraction of sp³-hybridized carbons (Fsp3) is 0.480.